The van der Waals surface area contributed by atoms with E-state index in [1.165, 1.54) is 0 Å². The van der Waals surface area contributed by atoms with Crippen LogP contribution in [0.4, 0.5) is 0 Å². The molecule has 1 saturated carbocycles. The molecule has 0 aromatic heterocycles. The smallest absolute Gasteiger partial charge is 0.165 e. The second kappa shape index (κ2) is 6.14. The van der Waals surface area contributed by atoms with Crippen LogP contribution in [-0.2, 0) is 4.79 Å². The Morgan fingerprint density at radius 3 is 2.62 bits per heavy atom. The Labute approximate surface area is 137 Å². The van der Waals surface area contributed by atoms with Crippen LogP contribution in [-0.4, -0.2) is 5.78 Å². The lowest BCUT2D eigenvalue weighted by atomic mass is 9.63. The van der Waals surface area contributed by atoms with Crippen LogP contribution in [0.3, 0.4) is 0 Å². The van der Waals surface area contributed by atoms with Crippen LogP contribution >= 0.6 is 23.2 Å². The maximum absolute atomic E-state index is 13.0. The van der Waals surface area contributed by atoms with Crippen molar-refractivity contribution in [1.82, 2.24) is 0 Å². The van der Waals surface area contributed by atoms with E-state index < -0.39 is 0 Å². The summed E-state index contributed by atoms with van der Waals surface area (Å²) in [5.41, 5.74) is 1.43. The normalized spacial score (nSPS) is 28.4. The minimum absolute atomic E-state index is 0.257. The number of hydrogen-bond acceptors (Lipinski definition) is 1. The first-order valence-electron chi connectivity index (χ1n) is 7.47. The molecule has 0 amide bonds. The SMILES string of the molecule is CC1CCC(C)(C(C)C)C(=O)C1=Cc1cccc(Cl)c1Cl. The molecule has 0 bridgehead atoms. The standard InChI is InChI=1S/C18H22Cl2O/c1-11(2)18(4)9-8-12(3)14(17(18)21)10-13-6-5-7-15(19)16(13)20/h5-7,10-12H,8-9H2,1-4H3. The molecule has 2 unspecified atom stereocenters. The molecule has 1 fully saturated rings. The Kier molecular flexibility index (Phi) is 4.85. The largest absolute Gasteiger partial charge is 0.294 e. The number of carbonyl (C=O) groups excluding carboxylic acids is 1. The Morgan fingerprint density at radius 1 is 1.33 bits per heavy atom. The van der Waals surface area contributed by atoms with Crippen LogP contribution in [0, 0.1) is 17.3 Å². The number of Topliss-reactive ketones (excluding diaryl/α,β-unsaturated/α-hetero) is 1. The molecule has 0 heterocycles. The molecule has 1 nitrogen and oxygen atoms in total. The van der Waals surface area contributed by atoms with Crippen LogP contribution < -0.4 is 0 Å². The third kappa shape index (κ3) is 3.05. The molecule has 3 heteroatoms. The number of benzene rings is 1. The predicted octanol–water partition coefficient (Wildman–Crippen LogP) is 6.04. The van der Waals surface area contributed by atoms with E-state index in [9.17, 15) is 4.79 Å². The summed E-state index contributed by atoms with van der Waals surface area (Å²) in [6, 6.07) is 5.53. The number of ketones is 1. The van der Waals surface area contributed by atoms with Crippen molar-refractivity contribution in [2.75, 3.05) is 0 Å². The summed E-state index contributed by atoms with van der Waals surface area (Å²) in [7, 11) is 0. The van der Waals surface area contributed by atoms with Crippen LogP contribution in [0.2, 0.25) is 10.0 Å². The minimum atomic E-state index is -0.274. The highest BCUT2D eigenvalue weighted by molar-refractivity contribution is 6.43. The van der Waals surface area contributed by atoms with Gasteiger partial charge in [0.25, 0.3) is 0 Å². The summed E-state index contributed by atoms with van der Waals surface area (Å²) in [5, 5.41) is 1.04. The maximum Gasteiger partial charge on any atom is 0.165 e. The lowest BCUT2D eigenvalue weighted by Crippen LogP contribution is -2.40. The van der Waals surface area contributed by atoms with E-state index in [-0.39, 0.29) is 17.1 Å². The summed E-state index contributed by atoms with van der Waals surface area (Å²) in [6.45, 7) is 8.44. The number of rotatable bonds is 2. The van der Waals surface area contributed by atoms with E-state index in [0.717, 1.165) is 24.0 Å². The fraction of sp³-hybridized carbons (Fsp3) is 0.500. The Bertz CT molecular complexity index is 589. The summed E-state index contributed by atoms with van der Waals surface area (Å²) in [4.78, 5) is 13.0. The molecule has 1 aromatic rings. The fourth-order valence-corrected chi connectivity index (χ4v) is 3.26. The highest BCUT2D eigenvalue weighted by atomic mass is 35.5. The molecular formula is C18H22Cl2O. The van der Waals surface area contributed by atoms with Gasteiger partial charge in [-0.1, -0.05) is 63.0 Å². The predicted molar refractivity (Wildman–Crippen MR) is 90.8 cm³/mol. The fourth-order valence-electron chi connectivity index (χ4n) is 2.90. The zero-order valence-electron chi connectivity index (χ0n) is 13.0. The zero-order valence-corrected chi connectivity index (χ0v) is 14.6. The third-order valence-corrected chi connectivity index (χ3v) is 5.81. The Hall–Kier alpha value is -0.790. The molecule has 2 rings (SSSR count). The van der Waals surface area contributed by atoms with Crippen molar-refractivity contribution in [3.63, 3.8) is 0 Å². The molecule has 0 N–H and O–H groups in total. The van der Waals surface area contributed by atoms with Crippen LogP contribution in [0.5, 0.6) is 0 Å². The maximum atomic E-state index is 13.0. The summed E-state index contributed by atoms with van der Waals surface area (Å²) >= 11 is 12.3. The van der Waals surface area contributed by atoms with Crippen LogP contribution in [0.15, 0.2) is 23.8 Å². The monoisotopic (exact) mass is 324 g/mol. The van der Waals surface area contributed by atoms with E-state index in [2.05, 4.69) is 27.7 Å². The topological polar surface area (TPSA) is 17.1 Å². The lowest BCUT2D eigenvalue weighted by Gasteiger charge is -2.39. The van der Waals surface area contributed by atoms with Gasteiger partial charge >= 0.3 is 0 Å². The summed E-state index contributed by atoms with van der Waals surface area (Å²) in [5.74, 6) is 0.849. The number of allylic oxidation sites excluding steroid dienone is 1. The minimum Gasteiger partial charge on any atom is -0.294 e. The van der Waals surface area contributed by atoms with E-state index in [0.29, 0.717) is 16.0 Å². The van der Waals surface area contributed by atoms with Gasteiger partial charge in [-0.15, -0.1) is 0 Å². The molecule has 0 saturated heterocycles. The van der Waals surface area contributed by atoms with Gasteiger partial charge in [-0.05, 0) is 48.0 Å². The number of carbonyl (C=O) groups is 1. The molecule has 2 atom stereocenters. The van der Waals surface area contributed by atoms with E-state index >= 15 is 0 Å². The first kappa shape index (κ1) is 16.6. The third-order valence-electron chi connectivity index (χ3n) is 4.98. The molecule has 1 aliphatic rings. The Morgan fingerprint density at radius 2 is 2.00 bits per heavy atom. The Balaban J connectivity index is 2.47. The molecule has 114 valence electrons. The molecule has 1 aliphatic carbocycles. The second-order valence-corrected chi connectivity index (χ2v) is 7.37. The van der Waals surface area contributed by atoms with Gasteiger partial charge in [-0.25, -0.2) is 0 Å². The molecule has 1 aromatic carbocycles. The highest BCUT2D eigenvalue weighted by Gasteiger charge is 2.42. The van der Waals surface area contributed by atoms with E-state index in [1.807, 2.05) is 18.2 Å². The van der Waals surface area contributed by atoms with Crippen molar-refractivity contribution in [1.29, 1.82) is 0 Å². The summed E-state index contributed by atoms with van der Waals surface area (Å²) < 4.78 is 0. The van der Waals surface area contributed by atoms with Gasteiger partial charge in [0.15, 0.2) is 5.78 Å². The van der Waals surface area contributed by atoms with E-state index in [4.69, 9.17) is 23.2 Å². The van der Waals surface area contributed by atoms with Gasteiger partial charge in [-0.2, -0.15) is 0 Å². The van der Waals surface area contributed by atoms with Gasteiger partial charge in [0.2, 0.25) is 0 Å². The highest BCUT2D eigenvalue weighted by Crippen LogP contribution is 2.44. The summed E-state index contributed by atoms with van der Waals surface area (Å²) in [6.07, 6.45) is 3.91. The average Bonchev–Trinajstić information content (AvgIpc) is 2.43. The first-order chi connectivity index (χ1) is 9.77. The molecular weight excluding hydrogens is 303 g/mol. The van der Waals surface area contributed by atoms with Crippen LogP contribution in [0.1, 0.15) is 46.1 Å². The van der Waals surface area contributed by atoms with Gasteiger partial charge in [-0.3, -0.25) is 4.79 Å². The van der Waals surface area contributed by atoms with Crippen molar-refractivity contribution >= 4 is 35.1 Å². The van der Waals surface area contributed by atoms with Gasteiger partial charge in [0.1, 0.15) is 0 Å². The molecule has 21 heavy (non-hydrogen) atoms. The van der Waals surface area contributed by atoms with Crippen molar-refractivity contribution in [2.24, 2.45) is 17.3 Å². The van der Waals surface area contributed by atoms with Crippen LogP contribution in [0.25, 0.3) is 6.08 Å². The first-order valence-corrected chi connectivity index (χ1v) is 8.23. The quantitative estimate of drug-likeness (QED) is 0.606. The van der Waals surface area contributed by atoms with E-state index in [1.54, 1.807) is 6.07 Å². The van der Waals surface area contributed by atoms with Crippen molar-refractivity contribution in [3.05, 3.63) is 39.4 Å². The lowest BCUT2D eigenvalue weighted by molar-refractivity contribution is -0.129. The average molecular weight is 325 g/mol. The van der Waals surface area contributed by atoms with Crippen molar-refractivity contribution in [3.8, 4) is 0 Å². The molecule has 0 radical (unpaired) electrons. The van der Waals surface area contributed by atoms with Gasteiger partial charge in [0, 0.05) is 5.41 Å². The molecule has 0 aliphatic heterocycles. The number of halogens is 2. The van der Waals surface area contributed by atoms with Crippen molar-refractivity contribution in [2.45, 2.75) is 40.5 Å². The van der Waals surface area contributed by atoms with Crippen molar-refractivity contribution < 1.29 is 4.79 Å². The second-order valence-electron chi connectivity index (χ2n) is 6.58. The van der Waals surface area contributed by atoms with Gasteiger partial charge in [0.05, 0.1) is 10.0 Å². The number of hydrogen-bond donors (Lipinski definition) is 0. The molecule has 0 spiro atoms. The van der Waals surface area contributed by atoms with Gasteiger partial charge < -0.3 is 0 Å². The zero-order chi connectivity index (χ0) is 15.8.